The Bertz CT molecular complexity index is 578. The highest BCUT2D eigenvalue weighted by molar-refractivity contribution is 9.10. The Balaban J connectivity index is 2.47. The highest BCUT2D eigenvalue weighted by Gasteiger charge is 2.15. The zero-order valence-corrected chi connectivity index (χ0v) is 12.9. The van der Waals surface area contributed by atoms with Crippen molar-refractivity contribution in [2.75, 3.05) is 7.05 Å². The van der Waals surface area contributed by atoms with Gasteiger partial charge in [-0.1, -0.05) is 34.1 Å². The second kappa shape index (κ2) is 5.85. The maximum absolute atomic E-state index is 13.0. The molecule has 2 aromatic rings. The van der Waals surface area contributed by atoms with Gasteiger partial charge in [0.05, 0.1) is 6.04 Å². The van der Waals surface area contributed by atoms with Gasteiger partial charge in [0, 0.05) is 4.47 Å². The standard InChI is InChI=1S/C16H17BrFN/c1-10-9-15(17)11(2)8-14(10)16(19-3)12-4-6-13(18)7-5-12/h4-9,16,19H,1-3H3. The van der Waals surface area contributed by atoms with Gasteiger partial charge >= 0.3 is 0 Å². The molecule has 0 fully saturated rings. The summed E-state index contributed by atoms with van der Waals surface area (Å²) in [7, 11) is 1.92. The topological polar surface area (TPSA) is 12.0 Å². The van der Waals surface area contributed by atoms with Crippen LogP contribution in [0.25, 0.3) is 0 Å². The second-order valence-corrected chi connectivity index (χ2v) is 5.59. The Morgan fingerprint density at radius 1 is 1.05 bits per heavy atom. The molecular weight excluding hydrogens is 305 g/mol. The van der Waals surface area contributed by atoms with E-state index in [1.807, 2.05) is 19.2 Å². The van der Waals surface area contributed by atoms with Crippen molar-refractivity contribution in [1.82, 2.24) is 5.32 Å². The molecule has 2 rings (SSSR count). The molecule has 3 heteroatoms. The van der Waals surface area contributed by atoms with Gasteiger partial charge in [0.2, 0.25) is 0 Å². The third-order valence-corrected chi connectivity index (χ3v) is 4.20. The number of hydrogen-bond acceptors (Lipinski definition) is 1. The Morgan fingerprint density at radius 2 is 1.68 bits per heavy atom. The highest BCUT2D eigenvalue weighted by atomic mass is 79.9. The van der Waals surface area contributed by atoms with E-state index in [9.17, 15) is 4.39 Å². The first-order valence-electron chi connectivity index (χ1n) is 6.22. The molecule has 0 heterocycles. The Morgan fingerprint density at radius 3 is 2.26 bits per heavy atom. The van der Waals surface area contributed by atoms with E-state index in [4.69, 9.17) is 0 Å². The van der Waals surface area contributed by atoms with E-state index in [0.717, 1.165) is 10.0 Å². The van der Waals surface area contributed by atoms with Crippen molar-refractivity contribution in [2.45, 2.75) is 19.9 Å². The Hall–Kier alpha value is -1.19. The molecule has 1 N–H and O–H groups in total. The molecule has 0 saturated carbocycles. The molecule has 0 aromatic heterocycles. The van der Waals surface area contributed by atoms with E-state index >= 15 is 0 Å². The van der Waals surface area contributed by atoms with Crippen molar-refractivity contribution in [2.24, 2.45) is 0 Å². The summed E-state index contributed by atoms with van der Waals surface area (Å²) in [6.45, 7) is 4.16. The minimum absolute atomic E-state index is 0.0763. The number of nitrogens with one attached hydrogen (secondary N) is 1. The van der Waals surface area contributed by atoms with Crippen LogP contribution < -0.4 is 5.32 Å². The van der Waals surface area contributed by atoms with Gasteiger partial charge < -0.3 is 5.32 Å². The molecule has 0 aliphatic carbocycles. The minimum Gasteiger partial charge on any atom is -0.309 e. The number of aryl methyl sites for hydroxylation is 2. The largest absolute Gasteiger partial charge is 0.309 e. The smallest absolute Gasteiger partial charge is 0.123 e. The third-order valence-electron chi connectivity index (χ3n) is 3.35. The summed E-state index contributed by atoms with van der Waals surface area (Å²) in [6, 6.07) is 11.0. The lowest BCUT2D eigenvalue weighted by Gasteiger charge is -2.20. The highest BCUT2D eigenvalue weighted by Crippen LogP contribution is 2.29. The van der Waals surface area contributed by atoms with Crippen molar-refractivity contribution in [3.8, 4) is 0 Å². The van der Waals surface area contributed by atoms with Gasteiger partial charge in [0.15, 0.2) is 0 Å². The lowest BCUT2D eigenvalue weighted by atomic mass is 9.93. The molecular formula is C16H17BrFN. The number of rotatable bonds is 3. The first-order chi connectivity index (χ1) is 9.02. The molecule has 0 aliphatic heterocycles. The molecule has 19 heavy (non-hydrogen) atoms. The van der Waals surface area contributed by atoms with E-state index < -0.39 is 0 Å². The maximum atomic E-state index is 13.0. The summed E-state index contributed by atoms with van der Waals surface area (Å²) < 4.78 is 14.1. The summed E-state index contributed by atoms with van der Waals surface area (Å²) in [6.07, 6.45) is 0. The molecule has 0 saturated heterocycles. The van der Waals surface area contributed by atoms with E-state index in [2.05, 4.69) is 47.2 Å². The molecule has 1 nitrogen and oxygen atoms in total. The number of halogens is 2. The van der Waals surface area contributed by atoms with Crippen LogP contribution in [0.3, 0.4) is 0 Å². The van der Waals surface area contributed by atoms with Gasteiger partial charge in [-0.25, -0.2) is 4.39 Å². The Labute approximate surface area is 122 Å². The molecule has 0 radical (unpaired) electrons. The van der Waals surface area contributed by atoms with E-state index in [1.54, 1.807) is 0 Å². The van der Waals surface area contributed by atoms with Crippen molar-refractivity contribution in [3.05, 3.63) is 68.9 Å². The van der Waals surface area contributed by atoms with Crippen LogP contribution in [0.15, 0.2) is 40.9 Å². The minimum atomic E-state index is -0.206. The maximum Gasteiger partial charge on any atom is 0.123 e. The summed E-state index contributed by atoms with van der Waals surface area (Å²) in [5, 5.41) is 3.30. The van der Waals surface area contributed by atoms with Crippen LogP contribution in [-0.4, -0.2) is 7.05 Å². The fourth-order valence-corrected chi connectivity index (χ4v) is 2.73. The van der Waals surface area contributed by atoms with Crippen molar-refractivity contribution in [3.63, 3.8) is 0 Å². The van der Waals surface area contributed by atoms with Crippen LogP contribution in [0.2, 0.25) is 0 Å². The Kier molecular flexibility index (Phi) is 4.38. The van der Waals surface area contributed by atoms with Crippen molar-refractivity contribution in [1.29, 1.82) is 0 Å². The quantitative estimate of drug-likeness (QED) is 0.876. The molecule has 2 aromatic carbocycles. The SMILES string of the molecule is CNC(c1ccc(F)cc1)c1cc(C)c(Br)cc1C. The summed E-state index contributed by atoms with van der Waals surface area (Å²) in [5.74, 6) is -0.206. The van der Waals surface area contributed by atoms with Gasteiger partial charge in [-0.15, -0.1) is 0 Å². The van der Waals surface area contributed by atoms with Crippen LogP contribution in [0, 0.1) is 19.7 Å². The molecule has 0 spiro atoms. The third kappa shape index (κ3) is 3.04. The van der Waals surface area contributed by atoms with E-state index in [-0.39, 0.29) is 11.9 Å². The predicted octanol–water partition coefficient (Wildman–Crippen LogP) is 4.51. The van der Waals surface area contributed by atoms with Crippen LogP contribution in [0.1, 0.15) is 28.3 Å². The fourth-order valence-electron chi connectivity index (χ4n) is 2.27. The molecule has 1 atom stereocenters. The zero-order chi connectivity index (χ0) is 14.0. The van der Waals surface area contributed by atoms with Gasteiger partial charge in [0.1, 0.15) is 5.82 Å². The normalized spacial score (nSPS) is 12.5. The molecule has 0 bridgehead atoms. The molecule has 0 aliphatic rings. The zero-order valence-electron chi connectivity index (χ0n) is 11.3. The first kappa shape index (κ1) is 14.2. The molecule has 0 amide bonds. The summed E-state index contributed by atoms with van der Waals surface area (Å²) >= 11 is 3.55. The molecule has 100 valence electrons. The summed E-state index contributed by atoms with van der Waals surface area (Å²) in [4.78, 5) is 0. The van der Waals surface area contributed by atoms with Crippen LogP contribution in [0.4, 0.5) is 4.39 Å². The number of benzene rings is 2. The monoisotopic (exact) mass is 321 g/mol. The van der Waals surface area contributed by atoms with Crippen molar-refractivity contribution < 1.29 is 4.39 Å². The lowest BCUT2D eigenvalue weighted by molar-refractivity contribution is 0.623. The average Bonchev–Trinajstić information content (AvgIpc) is 2.38. The van der Waals surface area contributed by atoms with Gasteiger partial charge in [-0.3, -0.25) is 0 Å². The van der Waals surface area contributed by atoms with E-state index in [0.29, 0.717) is 0 Å². The number of hydrogen-bond donors (Lipinski definition) is 1. The average molecular weight is 322 g/mol. The van der Waals surface area contributed by atoms with Gasteiger partial charge in [-0.2, -0.15) is 0 Å². The second-order valence-electron chi connectivity index (χ2n) is 4.73. The van der Waals surface area contributed by atoms with E-state index in [1.165, 1.54) is 28.8 Å². The van der Waals surface area contributed by atoms with Gasteiger partial charge in [-0.05, 0) is 61.3 Å². The first-order valence-corrected chi connectivity index (χ1v) is 7.01. The predicted molar refractivity (Wildman–Crippen MR) is 80.9 cm³/mol. The summed E-state index contributed by atoms with van der Waals surface area (Å²) in [5.41, 5.74) is 4.69. The lowest BCUT2D eigenvalue weighted by Crippen LogP contribution is -2.19. The van der Waals surface area contributed by atoms with Crippen LogP contribution in [0.5, 0.6) is 0 Å². The van der Waals surface area contributed by atoms with Crippen molar-refractivity contribution >= 4 is 15.9 Å². The van der Waals surface area contributed by atoms with Crippen LogP contribution in [-0.2, 0) is 0 Å². The van der Waals surface area contributed by atoms with Crippen LogP contribution >= 0.6 is 15.9 Å². The fraction of sp³-hybridized carbons (Fsp3) is 0.250. The molecule has 1 unspecified atom stereocenters. The van der Waals surface area contributed by atoms with Gasteiger partial charge in [0.25, 0.3) is 0 Å².